The molecular weight excluding hydrogens is 214 g/mol. The van der Waals surface area contributed by atoms with Crippen LogP contribution in [0.2, 0.25) is 0 Å². The molecule has 0 aromatic rings. The van der Waals surface area contributed by atoms with Crippen LogP contribution in [0, 0.1) is 0 Å². The van der Waals surface area contributed by atoms with Crippen LogP contribution in [-0.4, -0.2) is 42.5 Å². The van der Waals surface area contributed by atoms with Crippen molar-refractivity contribution in [3.8, 4) is 0 Å². The standard InChI is InChI=1S/C13H27N3O/c1-3-16-9-7-12(8-10-16)15-13(17)6-4-5-11(2)14/h11-12H,3-10,14H2,1-2H3,(H,15,17). The summed E-state index contributed by atoms with van der Waals surface area (Å²) in [7, 11) is 0. The third kappa shape index (κ3) is 6.03. The van der Waals surface area contributed by atoms with Crippen molar-refractivity contribution in [2.24, 2.45) is 5.73 Å². The lowest BCUT2D eigenvalue weighted by atomic mass is 10.0. The summed E-state index contributed by atoms with van der Waals surface area (Å²) in [6, 6.07) is 0.594. The van der Waals surface area contributed by atoms with Crippen LogP contribution in [0.3, 0.4) is 0 Å². The Bertz CT molecular complexity index is 223. The summed E-state index contributed by atoms with van der Waals surface area (Å²) in [5, 5.41) is 3.13. The van der Waals surface area contributed by atoms with Crippen LogP contribution < -0.4 is 11.1 Å². The number of likely N-dealkylation sites (tertiary alicyclic amines) is 1. The minimum absolute atomic E-state index is 0.195. The Morgan fingerprint density at radius 2 is 2.12 bits per heavy atom. The first-order valence-corrected chi connectivity index (χ1v) is 6.89. The van der Waals surface area contributed by atoms with E-state index in [1.807, 2.05) is 6.92 Å². The van der Waals surface area contributed by atoms with E-state index in [9.17, 15) is 4.79 Å². The van der Waals surface area contributed by atoms with E-state index < -0.39 is 0 Å². The molecule has 3 N–H and O–H groups in total. The minimum Gasteiger partial charge on any atom is -0.353 e. The monoisotopic (exact) mass is 241 g/mol. The molecule has 1 amide bonds. The summed E-state index contributed by atoms with van der Waals surface area (Å²) >= 11 is 0. The molecule has 1 heterocycles. The van der Waals surface area contributed by atoms with Crippen molar-refractivity contribution in [2.75, 3.05) is 19.6 Å². The number of amides is 1. The molecule has 0 aliphatic carbocycles. The first kappa shape index (κ1) is 14.5. The maximum Gasteiger partial charge on any atom is 0.220 e. The number of hydrogen-bond acceptors (Lipinski definition) is 3. The number of rotatable bonds is 6. The number of piperidine rings is 1. The fraction of sp³-hybridized carbons (Fsp3) is 0.923. The van der Waals surface area contributed by atoms with Gasteiger partial charge in [-0.05, 0) is 39.2 Å². The molecule has 0 spiro atoms. The van der Waals surface area contributed by atoms with Gasteiger partial charge in [-0.3, -0.25) is 4.79 Å². The summed E-state index contributed by atoms with van der Waals surface area (Å²) in [4.78, 5) is 14.1. The fourth-order valence-corrected chi connectivity index (χ4v) is 2.28. The van der Waals surface area contributed by atoms with E-state index in [0.29, 0.717) is 12.5 Å². The van der Waals surface area contributed by atoms with E-state index >= 15 is 0 Å². The highest BCUT2D eigenvalue weighted by atomic mass is 16.1. The van der Waals surface area contributed by atoms with Gasteiger partial charge in [0.05, 0.1) is 0 Å². The second kappa shape index (κ2) is 7.67. The van der Waals surface area contributed by atoms with E-state index in [0.717, 1.165) is 45.3 Å². The van der Waals surface area contributed by atoms with E-state index in [-0.39, 0.29) is 11.9 Å². The van der Waals surface area contributed by atoms with Gasteiger partial charge in [-0.25, -0.2) is 0 Å². The fourth-order valence-electron chi connectivity index (χ4n) is 2.28. The molecule has 0 bridgehead atoms. The molecule has 17 heavy (non-hydrogen) atoms. The summed E-state index contributed by atoms with van der Waals surface area (Å²) in [5.41, 5.74) is 5.66. The predicted octanol–water partition coefficient (Wildman–Crippen LogP) is 1.10. The maximum absolute atomic E-state index is 11.7. The zero-order valence-electron chi connectivity index (χ0n) is 11.2. The molecule has 4 nitrogen and oxygen atoms in total. The average molecular weight is 241 g/mol. The van der Waals surface area contributed by atoms with Crippen LogP contribution in [0.1, 0.15) is 46.0 Å². The van der Waals surface area contributed by atoms with Crippen molar-refractivity contribution in [3.63, 3.8) is 0 Å². The van der Waals surface area contributed by atoms with Crippen molar-refractivity contribution in [2.45, 2.75) is 58.0 Å². The summed E-state index contributed by atoms with van der Waals surface area (Å²) < 4.78 is 0. The third-order valence-electron chi connectivity index (χ3n) is 3.46. The highest BCUT2D eigenvalue weighted by molar-refractivity contribution is 5.76. The molecule has 1 rings (SSSR count). The van der Waals surface area contributed by atoms with E-state index in [4.69, 9.17) is 5.73 Å². The lowest BCUT2D eigenvalue weighted by Crippen LogP contribution is -2.44. The maximum atomic E-state index is 11.7. The van der Waals surface area contributed by atoms with Gasteiger partial charge in [0.1, 0.15) is 0 Å². The van der Waals surface area contributed by atoms with Crippen LogP contribution in [-0.2, 0) is 4.79 Å². The SMILES string of the molecule is CCN1CCC(NC(=O)CCCC(C)N)CC1. The predicted molar refractivity (Wildman–Crippen MR) is 70.8 cm³/mol. The largest absolute Gasteiger partial charge is 0.353 e. The van der Waals surface area contributed by atoms with Gasteiger partial charge >= 0.3 is 0 Å². The second-order valence-corrected chi connectivity index (χ2v) is 5.15. The molecule has 1 atom stereocenters. The minimum atomic E-state index is 0.195. The van der Waals surface area contributed by atoms with Gasteiger partial charge < -0.3 is 16.0 Å². The molecule has 1 saturated heterocycles. The third-order valence-corrected chi connectivity index (χ3v) is 3.46. The molecular formula is C13H27N3O. The van der Waals surface area contributed by atoms with Crippen LogP contribution in [0.4, 0.5) is 0 Å². The van der Waals surface area contributed by atoms with Crippen molar-refractivity contribution in [1.29, 1.82) is 0 Å². The Morgan fingerprint density at radius 3 is 2.65 bits per heavy atom. The number of nitrogens with one attached hydrogen (secondary N) is 1. The van der Waals surface area contributed by atoms with Crippen LogP contribution in [0.5, 0.6) is 0 Å². The van der Waals surface area contributed by atoms with Gasteiger partial charge in [-0.2, -0.15) is 0 Å². The van der Waals surface area contributed by atoms with Gasteiger partial charge in [0, 0.05) is 31.6 Å². The molecule has 0 radical (unpaired) electrons. The Kier molecular flexibility index (Phi) is 6.52. The highest BCUT2D eigenvalue weighted by Crippen LogP contribution is 2.10. The lowest BCUT2D eigenvalue weighted by Gasteiger charge is -2.31. The normalized spacial score (nSPS) is 20.2. The van der Waals surface area contributed by atoms with Crippen molar-refractivity contribution < 1.29 is 4.79 Å². The Labute approximate surface area is 105 Å². The molecule has 1 aliphatic heterocycles. The Balaban J connectivity index is 2.10. The number of nitrogens with two attached hydrogens (primary N) is 1. The van der Waals surface area contributed by atoms with E-state index in [2.05, 4.69) is 17.1 Å². The van der Waals surface area contributed by atoms with Gasteiger partial charge in [0.25, 0.3) is 0 Å². The van der Waals surface area contributed by atoms with E-state index in [1.165, 1.54) is 0 Å². The van der Waals surface area contributed by atoms with Crippen LogP contribution >= 0.6 is 0 Å². The zero-order valence-corrected chi connectivity index (χ0v) is 11.2. The molecule has 100 valence electrons. The van der Waals surface area contributed by atoms with Gasteiger partial charge in [-0.1, -0.05) is 6.92 Å². The molecule has 1 fully saturated rings. The number of nitrogens with zero attached hydrogens (tertiary/aromatic N) is 1. The second-order valence-electron chi connectivity index (χ2n) is 5.15. The molecule has 0 aromatic carbocycles. The lowest BCUT2D eigenvalue weighted by molar-refractivity contribution is -0.122. The quantitative estimate of drug-likeness (QED) is 0.732. The number of carbonyl (C=O) groups excluding carboxylic acids is 1. The zero-order chi connectivity index (χ0) is 12.7. The molecule has 0 aromatic heterocycles. The summed E-state index contributed by atoms with van der Waals surface area (Å²) in [6.07, 6.45) is 4.63. The summed E-state index contributed by atoms with van der Waals surface area (Å²) in [6.45, 7) is 7.52. The van der Waals surface area contributed by atoms with Crippen molar-refractivity contribution in [1.82, 2.24) is 10.2 Å². The Hall–Kier alpha value is -0.610. The van der Waals surface area contributed by atoms with Crippen LogP contribution in [0.15, 0.2) is 0 Å². The first-order valence-electron chi connectivity index (χ1n) is 6.89. The molecule has 1 aliphatic rings. The highest BCUT2D eigenvalue weighted by Gasteiger charge is 2.19. The molecule has 4 heteroatoms. The van der Waals surface area contributed by atoms with Gasteiger partial charge in [0.15, 0.2) is 0 Å². The van der Waals surface area contributed by atoms with Gasteiger partial charge in [-0.15, -0.1) is 0 Å². The Morgan fingerprint density at radius 1 is 1.47 bits per heavy atom. The van der Waals surface area contributed by atoms with E-state index in [1.54, 1.807) is 0 Å². The topological polar surface area (TPSA) is 58.4 Å². The van der Waals surface area contributed by atoms with Crippen molar-refractivity contribution >= 4 is 5.91 Å². The number of hydrogen-bond donors (Lipinski definition) is 2. The average Bonchev–Trinajstić information content (AvgIpc) is 2.29. The van der Waals surface area contributed by atoms with Crippen molar-refractivity contribution in [3.05, 3.63) is 0 Å². The van der Waals surface area contributed by atoms with Crippen LogP contribution in [0.25, 0.3) is 0 Å². The number of carbonyl (C=O) groups is 1. The smallest absolute Gasteiger partial charge is 0.220 e. The first-order chi connectivity index (χ1) is 8.11. The van der Waals surface area contributed by atoms with Gasteiger partial charge in [0.2, 0.25) is 5.91 Å². The summed E-state index contributed by atoms with van der Waals surface area (Å²) in [5.74, 6) is 0.195. The molecule has 1 unspecified atom stereocenters. The molecule has 0 saturated carbocycles.